The molecule has 0 saturated carbocycles. The number of nitrogens with one attached hydrogen (secondary N) is 1. The number of amides is 1. The van der Waals surface area contributed by atoms with Crippen LogP contribution in [0.2, 0.25) is 0 Å². The summed E-state index contributed by atoms with van der Waals surface area (Å²) in [5, 5.41) is 3.06. The average Bonchev–Trinajstić information content (AvgIpc) is 3.12. The molecule has 2 aliphatic rings. The van der Waals surface area contributed by atoms with E-state index < -0.39 is 18.1 Å². The second-order valence-corrected chi connectivity index (χ2v) is 7.86. The van der Waals surface area contributed by atoms with Gasteiger partial charge in [0.15, 0.2) is 0 Å². The van der Waals surface area contributed by atoms with Gasteiger partial charge in [0.2, 0.25) is 5.91 Å². The summed E-state index contributed by atoms with van der Waals surface area (Å²) in [5.74, 6) is -0.854. The first-order chi connectivity index (χ1) is 14.0. The molecule has 0 spiro atoms. The van der Waals surface area contributed by atoms with Crippen molar-refractivity contribution in [3.8, 4) is 0 Å². The van der Waals surface area contributed by atoms with Gasteiger partial charge in [-0.25, -0.2) is 0 Å². The van der Waals surface area contributed by atoms with Crippen molar-refractivity contribution in [2.45, 2.75) is 44.7 Å². The number of carbonyl (C=O) groups excluding carboxylic acids is 2. The maximum absolute atomic E-state index is 13.2. The number of fused-ring (bicyclic) bond motifs is 1. The van der Waals surface area contributed by atoms with E-state index in [1.165, 1.54) is 7.11 Å². The summed E-state index contributed by atoms with van der Waals surface area (Å²) >= 11 is 0. The maximum atomic E-state index is 13.2. The zero-order valence-corrected chi connectivity index (χ0v) is 17.3. The topological polar surface area (TPSA) is 67.9 Å². The number of esters is 1. The van der Waals surface area contributed by atoms with Crippen LogP contribution in [-0.4, -0.2) is 54.7 Å². The van der Waals surface area contributed by atoms with E-state index >= 15 is 0 Å². The smallest absolute Gasteiger partial charge is 0.313 e. The molecule has 2 aliphatic heterocycles. The van der Waals surface area contributed by atoms with Crippen LogP contribution in [0.3, 0.4) is 0 Å². The minimum atomic E-state index is -0.518. The first-order valence-corrected chi connectivity index (χ1v) is 10.1. The van der Waals surface area contributed by atoms with Gasteiger partial charge in [-0.2, -0.15) is 0 Å². The van der Waals surface area contributed by atoms with E-state index in [1.807, 2.05) is 56.3 Å². The Balaban J connectivity index is 1.83. The molecule has 1 fully saturated rings. The molecule has 0 bridgehead atoms. The maximum Gasteiger partial charge on any atom is 0.313 e. The third-order valence-corrected chi connectivity index (χ3v) is 5.67. The summed E-state index contributed by atoms with van der Waals surface area (Å²) in [6.07, 6.45) is 4.90. The lowest BCUT2D eigenvalue weighted by Gasteiger charge is -2.41. The molecule has 2 heterocycles. The van der Waals surface area contributed by atoms with Crippen molar-refractivity contribution >= 4 is 11.9 Å². The van der Waals surface area contributed by atoms with Crippen molar-refractivity contribution < 1.29 is 19.1 Å². The molecule has 5 atom stereocenters. The zero-order valence-electron chi connectivity index (χ0n) is 17.3. The van der Waals surface area contributed by atoms with Gasteiger partial charge in [0.1, 0.15) is 5.92 Å². The summed E-state index contributed by atoms with van der Waals surface area (Å²) < 4.78 is 11.1. The molecule has 1 amide bonds. The summed E-state index contributed by atoms with van der Waals surface area (Å²) in [4.78, 5) is 27.8. The number of hydrogen-bond donors (Lipinski definition) is 1. The van der Waals surface area contributed by atoms with Crippen molar-refractivity contribution in [1.82, 2.24) is 10.2 Å². The first-order valence-electron chi connectivity index (χ1n) is 10.1. The quantitative estimate of drug-likeness (QED) is 0.564. The minimum absolute atomic E-state index is 0.0522. The van der Waals surface area contributed by atoms with Crippen molar-refractivity contribution in [2.24, 2.45) is 11.8 Å². The molecule has 0 radical (unpaired) electrons. The Morgan fingerprint density at radius 2 is 2.07 bits per heavy atom. The van der Waals surface area contributed by atoms with E-state index in [0.717, 1.165) is 5.56 Å². The second kappa shape index (κ2) is 9.37. The molecule has 1 aromatic rings. The van der Waals surface area contributed by atoms with Gasteiger partial charge in [0.25, 0.3) is 0 Å². The normalized spacial score (nSPS) is 27.3. The Kier molecular flexibility index (Phi) is 6.87. The van der Waals surface area contributed by atoms with E-state index in [2.05, 4.69) is 16.8 Å². The van der Waals surface area contributed by atoms with Crippen molar-refractivity contribution in [2.75, 3.05) is 13.7 Å². The number of ether oxygens (including phenoxy) is 2. The molecular formula is C23H30N2O4. The molecule has 0 aromatic heterocycles. The van der Waals surface area contributed by atoms with E-state index in [0.29, 0.717) is 13.1 Å². The third kappa shape index (κ3) is 4.43. The summed E-state index contributed by atoms with van der Waals surface area (Å²) in [6.45, 7) is 8.90. The number of hydrogen-bond acceptors (Lipinski definition) is 5. The van der Waals surface area contributed by atoms with Crippen LogP contribution in [0.4, 0.5) is 0 Å². The summed E-state index contributed by atoms with van der Waals surface area (Å²) in [5.41, 5.74) is 1.04. The molecule has 156 valence electrons. The van der Waals surface area contributed by atoms with Gasteiger partial charge in [0.05, 0.1) is 31.4 Å². The van der Waals surface area contributed by atoms with Gasteiger partial charge in [-0.15, -0.1) is 6.58 Å². The van der Waals surface area contributed by atoms with Crippen LogP contribution < -0.4 is 5.32 Å². The highest BCUT2D eigenvalue weighted by molar-refractivity contribution is 5.82. The van der Waals surface area contributed by atoms with Gasteiger partial charge < -0.3 is 14.8 Å². The number of rotatable bonds is 7. The molecule has 1 saturated heterocycles. The Morgan fingerprint density at radius 3 is 2.69 bits per heavy atom. The highest BCUT2D eigenvalue weighted by Crippen LogP contribution is 2.37. The molecule has 3 rings (SSSR count). The molecule has 0 aliphatic carbocycles. The Labute approximate surface area is 172 Å². The van der Waals surface area contributed by atoms with Crippen molar-refractivity contribution in [3.63, 3.8) is 0 Å². The molecule has 6 heteroatoms. The van der Waals surface area contributed by atoms with Crippen LogP contribution in [-0.2, 0) is 25.6 Å². The number of nitrogens with zero attached hydrogens (tertiary/aromatic N) is 1. The fraction of sp³-hybridized carbons (Fsp3) is 0.478. The standard InChI is InChI=1S/C23H30N2O4/c1-5-17-19(23(27)28-4)21-18(29-17)12-9-13-25(21)20(15(2)3)22(26)24-14-16-10-7-6-8-11-16/h5-12,15,17-21H,1,13-14H2,2-4H3,(H,24,26)/t17-,18+,19-,20-,21-/m1/s1. The number of carbonyl (C=O) groups is 2. The molecule has 1 aromatic carbocycles. The van der Waals surface area contributed by atoms with E-state index in [1.54, 1.807) is 6.08 Å². The van der Waals surface area contributed by atoms with Gasteiger partial charge in [-0.3, -0.25) is 14.5 Å². The average molecular weight is 399 g/mol. The SMILES string of the molecule is C=C[C@H]1O[C@H]2C=CCN([C@@H](C(=O)NCc3ccccc3)C(C)C)[C@H]2[C@@H]1C(=O)OC. The highest BCUT2D eigenvalue weighted by atomic mass is 16.5. The lowest BCUT2D eigenvalue weighted by Crippen LogP contribution is -2.59. The zero-order chi connectivity index (χ0) is 21.0. The Morgan fingerprint density at radius 1 is 1.34 bits per heavy atom. The lowest BCUT2D eigenvalue weighted by molar-refractivity contribution is -0.149. The predicted octanol–water partition coefficient (Wildman–Crippen LogP) is 2.31. The third-order valence-electron chi connectivity index (χ3n) is 5.67. The van der Waals surface area contributed by atoms with Crippen molar-refractivity contribution in [1.29, 1.82) is 0 Å². The largest absolute Gasteiger partial charge is 0.469 e. The predicted molar refractivity (Wildman–Crippen MR) is 111 cm³/mol. The van der Waals surface area contributed by atoms with Crippen LogP contribution >= 0.6 is 0 Å². The number of benzene rings is 1. The minimum Gasteiger partial charge on any atom is -0.469 e. The van der Waals surface area contributed by atoms with Gasteiger partial charge in [0, 0.05) is 13.1 Å². The van der Waals surface area contributed by atoms with E-state index in [4.69, 9.17) is 9.47 Å². The molecule has 0 unspecified atom stereocenters. The first kappa shape index (κ1) is 21.3. The van der Waals surface area contributed by atoms with E-state index in [9.17, 15) is 9.59 Å². The lowest BCUT2D eigenvalue weighted by atomic mass is 9.87. The van der Waals surface area contributed by atoms with Crippen LogP contribution in [0.5, 0.6) is 0 Å². The summed E-state index contributed by atoms with van der Waals surface area (Å²) in [6, 6.07) is 9.15. The molecule has 1 N–H and O–H groups in total. The fourth-order valence-electron chi connectivity index (χ4n) is 4.37. The summed E-state index contributed by atoms with van der Waals surface area (Å²) in [7, 11) is 1.38. The monoisotopic (exact) mass is 398 g/mol. The van der Waals surface area contributed by atoms with Crippen LogP contribution in [0.25, 0.3) is 0 Å². The number of methoxy groups -OCH3 is 1. The van der Waals surface area contributed by atoms with E-state index in [-0.39, 0.29) is 29.9 Å². The van der Waals surface area contributed by atoms with Gasteiger partial charge in [-0.05, 0) is 11.5 Å². The Hall–Kier alpha value is -2.44. The van der Waals surface area contributed by atoms with Crippen LogP contribution in [0, 0.1) is 11.8 Å². The van der Waals surface area contributed by atoms with Gasteiger partial charge in [-0.1, -0.05) is 62.4 Å². The van der Waals surface area contributed by atoms with Crippen molar-refractivity contribution in [3.05, 3.63) is 60.7 Å². The van der Waals surface area contributed by atoms with Crippen LogP contribution in [0.1, 0.15) is 19.4 Å². The Bertz CT molecular complexity index is 761. The molecule has 6 nitrogen and oxygen atoms in total. The molecule has 29 heavy (non-hydrogen) atoms. The fourth-order valence-corrected chi connectivity index (χ4v) is 4.37. The van der Waals surface area contributed by atoms with Gasteiger partial charge >= 0.3 is 5.97 Å². The van der Waals surface area contributed by atoms with Crippen LogP contribution in [0.15, 0.2) is 55.1 Å². The highest BCUT2D eigenvalue weighted by Gasteiger charge is 2.53. The molecular weight excluding hydrogens is 368 g/mol. The second-order valence-electron chi connectivity index (χ2n) is 7.86.